The second-order valence-corrected chi connectivity index (χ2v) is 5.25. The molecule has 0 aliphatic carbocycles. The molecule has 0 amide bonds. The molecular weight excluding hydrogens is 226 g/mol. The number of hydrogen-bond donors (Lipinski definition) is 0. The van der Waals surface area contributed by atoms with Crippen LogP contribution in [0, 0.1) is 0 Å². The normalized spacial score (nSPS) is 17.6. The average Bonchev–Trinajstić information content (AvgIpc) is 2.34. The van der Waals surface area contributed by atoms with Gasteiger partial charge >= 0.3 is 0 Å². The second kappa shape index (κ2) is 7.59. The van der Waals surface area contributed by atoms with Crippen LogP contribution in [0.25, 0.3) is 0 Å². The van der Waals surface area contributed by atoms with Crippen molar-refractivity contribution in [1.82, 2.24) is 19.6 Å². The number of piperazine rings is 1. The Morgan fingerprint density at radius 2 is 1.44 bits per heavy atom. The van der Waals surface area contributed by atoms with Gasteiger partial charge in [0.2, 0.25) is 0 Å². The van der Waals surface area contributed by atoms with Crippen LogP contribution in [0.4, 0.5) is 0 Å². The highest BCUT2D eigenvalue weighted by Gasteiger charge is 2.14. The number of aliphatic imine (C=N–C) groups is 1. The van der Waals surface area contributed by atoms with Gasteiger partial charge in [-0.15, -0.1) is 0 Å². The summed E-state index contributed by atoms with van der Waals surface area (Å²) in [5.41, 5.74) is 0. The van der Waals surface area contributed by atoms with Gasteiger partial charge in [0.1, 0.15) is 0 Å². The van der Waals surface area contributed by atoms with Crippen LogP contribution in [0.2, 0.25) is 0 Å². The molecule has 1 aliphatic heterocycles. The fourth-order valence-corrected chi connectivity index (χ4v) is 2.30. The molecule has 1 fully saturated rings. The van der Waals surface area contributed by atoms with Crippen molar-refractivity contribution >= 4 is 5.96 Å². The maximum atomic E-state index is 4.67. The van der Waals surface area contributed by atoms with Gasteiger partial charge in [-0.05, 0) is 6.54 Å². The zero-order valence-electron chi connectivity index (χ0n) is 12.7. The van der Waals surface area contributed by atoms with Gasteiger partial charge in [0.05, 0.1) is 6.54 Å². The zero-order valence-corrected chi connectivity index (χ0v) is 12.7. The molecule has 0 aromatic rings. The minimum Gasteiger partial charge on any atom is -0.349 e. The number of guanidine groups is 1. The van der Waals surface area contributed by atoms with Crippen molar-refractivity contribution in [2.75, 3.05) is 74.0 Å². The first-order valence-corrected chi connectivity index (χ1v) is 6.88. The van der Waals surface area contributed by atoms with Gasteiger partial charge in [0.15, 0.2) is 5.96 Å². The fourth-order valence-electron chi connectivity index (χ4n) is 2.30. The molecule has 0 unspecified atom stereocenters. The smallest absolute Gasteiger partial charge is 0.195 e. The van der Waals surface area contributed by atoms with Gasteiger partial charge in [0, 0.05) is 60.9 Å². The minimum absolute atomic E-state index is 0.887. The van der Waals surface area contributed by atoms with E-state index in [0.29, 0.717) is 0 Å². The summed E-state index contributed by atoms with van der Waals surface area (Å²) in [6.45, 7) is 10.1. The van der Waals surface area contributed by atoms with Crippen LogP contribution >= 0.6 is 0 Å². The Bertz CT molecular complexity index is 244. The van der Waals surface area contributed by atoms with E-state index in [1.54, 1.807) is 0 Å². The number of hydrogen-bond acceptors (Lipinski definition) is 3. The van der Waals surface area contributed by atoms with E-state index in [1.165, 1.54) is 32.7 Å². The van der Waals surface area contributed by atoms with Crippen molar-refractivity contribution in [2.24, 2.45) is 4.99 Å². The van der Waals surface area contributed by atoms with Gasteiger partial charge in [-0.1, -0.05) is 6.92 Å². The molecule has 18 heavy (non-hydrogen) atoms. The highest BCUT2D eigenvalue weighted by Crippen LogP contribution is 2.00. The molecule has 0 aromatic heterocycles. The number of likely N-dealkylation sites (N-methyl/N-ethyl adjacent to an activating group) is 1. The van der Waals surface area contributed by atoms with Crippen molar-refractivity contribution in [3.63, 3.8) is 0 Å². The van der Waals surface area contributed by atoms with Crippen LogP contribution in [-0.4, -0.2) is 99.6 Å². The van der Waals surface area contributed by atoms with Crippen LogP contribution in [0.1, 0.15) is 6.92 Å². The summed E-state index contributed by atoms with van der Waals surface area (Å²) in [6, 6.07) is 0. The van der Waals surface area contributed by atoms with Crippen LogP contribution in [0.5, 0.6) is 0 Å². The highest BCUT2D eigenvalue weighted by atomic mass is 15.3. The lowest BCUT2D eigenvalue weighted by Gasteiger charge is -2.33. The molecule has 0 atom stereocenters. The predicted octanol–water partition coefficient (Wildman–Crippen LogP) is 0.103. The van der Waals surface area contributed by atoms with Crippen molar-refractivity contribution in [3.8, 4) is 0 Å². The number of nitrogens with zero attached hydrogens (tertiary/aromatic N) is 5. The maximum absolute atomic E-state index is 4.67. The molecule has 1 aliphatic rings. The lowest BCUT2D eigenvalue weighted by Crippen LogP contribution is -2.47. The van der Waals surface area contributed by atoms with Crippen LogP contribution < -0.4 is 0 Å². The Labute approximate surface area is 112 Å². The molecule has 5 nitrogen and oxygen atoms in total. The van der Waals surface area contributed by atoms with E-state index in [4.69, 9.17) is 0 Å². The molecule has 5 heteroatoms. The first-order chi connectivity index (χ1) is 8.54. The van der Waals surface area contributed by atoms with E-state index in [9.17, 15) is 0 Å². The van der Waals surface area contributed by atoms with Crippen molar-refractivity contribution in [1.29, 1.82) is 0 Å². The molecule has 0 radical (unpaired) electrons. The summed E-state index contributed by atoms with van der Waals surface area (Å²) >= 11 is 0. The SMILES string of the molecule is CCN1CCN(CCN=C(N(C)C)N(C)C)CC1. The van der Waals surface area contributed by atoms with Gasteiger partial charge < -0.3 is 14.7 Å². The van der Waals surface area contributed by atoms with Gasteiger partial charge in [0.25, 0.3) is 0 Å². The lowest BCUT2D eigenvalue weighted by atomic mass is 10.3. The second-order valence-electron chi connectivity index (χ2n) is 5.25. The van der Waals surface area contributed by atoms with Crippen LogP contribution in [0.15, 0.2) is 4.99 Å². The summed E-state index contributed by atoms with van der Waals surface area (Å²) in [7, 11) is 8.16. The molecule has 0 spiro atoms. The van der Waals surface area contributed by atoms with E-state index in [2.05, 4.69) is 31.5 Å². The summed E-state index contributed by atoms with van der Waals surface area (Å²) in [5.74, 6) is 1.04. The third kappa shape index (κ3) is 4.82. The Morgan fingerprint density at radius 3 is 1.89 bits per heavy atom. The topological polar surface area (TPSA) is 25.3 Å². The molecule has 1 heterocycles. The van der Waals surface area contributed by atoms with E-state index < -0.39 is 0 Å². The summed E-state index contributed by atoms with van der Waals surface area (Å²) in [5, 5.41) is 0. The summed E-state index contributed by atoms with van der Waals surface area (Å²) in [4.78, 5) is 13.8. The lowest BCUT2D eigenvalue weighted by molar-refractivity contribution is 0.140. The van der Waals surface area contributed by atoms with Gasteiger partial charge in [-0.2, -0.15) is 0 Å². The average molecular weight is 255 g/mol. The number of rotatable bonds is 4. The molecule has 0 saturated carbocycles. The Morgan fingerprint density at radius 1 is 0.944 bits per heavy atom. The largest absolute Gasteiger partial charge is 0.349 e. The molecule has 1 rings (SSSR count). The Balaban J connectivity index is 2.31. The molecule has 106 valence electrons. The third-order valence-electron chi connectivity index (χ3n) is 3.38. The summed E-state index contributed by atoms with van der Waals surface area (Å²) < 4.78 is 0. The van der Waals surface area contributed by atoms with Gasteiger partial charge in [-0.25, -0.2) is 0 Å². The van der Waals surface area contributed by atoms with Crippen molar-refractivity contribution in [3.05, 3.63) is 0 Å². The van der Waals surface area contributed by atoms with E-state index in [0.717, 1.165) is 19.0 Å². The standard InChI is InChI=1S/C13H29N5/c1-6-17-9-11-18(12-10-17)8-7-14-13(15(2)3)16(4)5/h6-12H2,1-5H3. The van der Waals surface area contributed by atoms with E-state index in [1.807, 2.05) is 28.2 Å². The van der Waals surface area contributed by atoms with Gasteiger partial charge in [-0.3, -0.25) is 9.89 Å². The molecule has 0 bridgehead atoms. The quantitative estimate of drug-likeness (QED) is 0.526. The van der Waals surface area contributed by atoms with Crippen LogP contribution in [-0.2, 0) is 0 Å². The Hall–Kier alpha value is -0.810. The fraction of sp³-hybridized carbons (Fsp3) is 0.923. The zero-order chi connectivity index (χ0) is 13.5. The maximum Gasteiger partial charge on any atom is 0.195 e. The first-order valence-electron chi connectivity index (χ1n) is 6.88. The van der Waals surface area contributed by atoms with Crippen molar-refractivity contribution < 1.29 is 0 Å². The van der Waals surface area contributed by atoms with Crippen LogP contribution in [0.3, 0.4) is 0 Å². The molecule has 0 N–H and O–H groups in total. The van der Waals surface area contributed by atoms with E-state index in [-0.39, 0.29) is 0 Å². The molecule has 0 aromatic carbocycles. The predicted molar refractivity (Wildman–Crippen MR) is 78.2 cm³/mol. The third-order valence-corrected chi connectivity index (χ3v) is 3.38. The highest BCUT2D eigenvalue weighted by molar-refractivity contribution is 5.79. The summed E-state index contributed by atoms with van der Waals surface area (Å²) in [6.07, 6.45) is 0. The molecular formula is C13H29N5. The van der Waals surface area contributed by atoms with Crippen molar-refractivity contribution in [2.45, 2.75) is 6.92 Å². The monoisotopic (exact) mass is 255 g/mol. The van der Waals surface area contributed by atoms with E-state index >= 15 is 0 Å². The Kier molecular flexibility index (Phi) is 6.43. The molecule has 1 saturated heterocycles. The first kappa shape index (κ1) is 15.2. The minimum atomic E-state index is 0.887.